The lowest BCUT2D eigenvalue weighted by molar-refractivity contribution is -0.144. The standard InChI is InChI=1S/C30H43N3O5/c1-18(2)31-27(35)26(24-16-20(5)10-11-21(24)6)33(19(3)4)28(36)25(32-29(37)38-30(7,8)9)17-22-12-14-23(34)15-13-22/h10-16,18-19,25-26,34H,17H2,1-9H3,(H,31,35)(H,32,37). The van der Waals surface area contributed by atoms with Crippen molar-refractivity contribution >= 4 is 17.9 Å². The van der Waals surface area contributed by atoms with Gasteiger partial charge in [-0.2, -0.15) is 0 Å². The Balaban J connectivity index is 2.59. The van der Waals surface area contributed by atoms with Crippen molar-refractivity contribution < 1.29 is 24.2 Å². The van der Waals surface area contributed by atoms with E-state index in [2.05, 4.69) is 10.6 Å². The highest BCUT2D eigenvalue weighted by Gasteiger charge is 2.38. The van der Waals surface area contributed by atoms with E-state index < -0.39 is 29.7 Å². The number of amides is 3. The normalized spacial score (nSPS) is 13.1. The first-order chi connectivity index (χ1) is 17.6. The molecule has 0 fully saturated rings. The molecular formula is C30H43N3O5. The topological polar surface area (TPSA) is 108 Å². The molecule has 208 valence electrons. The van der Waals surface area contributed by atoms with Crippen LogP contribution in [-0.2, 0) is 20.7 Å². The SMILES string of the molecule is Cc1ccc(C)c(C(C(=O)NC(C)C)N(C(=O)C(Cc2ccc(O)cc2)NC(=O)OC(C)(C)C)C(C)C)c1. The van der Waals surface area contributed by atoms with E-state index in [-0.39, 0.29) is 30.2 Å². The van der Waals surface area contributed by atoms with Crippen molar-refractivity contribution in [1.29, 1.82) is 0 Å². The lowest BCUT2D eigenvalue weighted by Crippen LogP contribution is -2.56. The number of carbonyl (C=O) groups is 3. The van der Waals surface area contributed by atoms with Crippen LogP contribution in [0.3, 0.4) is 0 Å². The monoisotopic (exact) mass is 525 g/mol. The third-order valence-electron chi connectivity index (χ3n) is 5.86. The van der Waals surface area contributed by atoms with Crippen LogP contribution in [-0.4, -0.2) is 51.6 Å². The molecule has 2 rings (SSSR count). The predicted molar refractivity (Wildman–Crippen MR) is 149 cm³/mol. The lowest BCUT2D eigenvalue weighted by Gasteiger charge is -2.38. The second kappa shape index (κ2) is 12.8. The smallest absolute Gasteiger partial charge is 0.408 e. The Kier molecular flexibility index (Phi) is 10.3. The van der Waals surface area contributed by atoms with Crippen LogP contribution in [0, 0.1) is 13.8 Å². The van der Waals surface area contributed by atoms with Crippen LogP contribution in [0.15, 0.2) is 42.5 Å². The average Bonchev–Trinajstić information content (AvgIpc) is 2.77. The summed E-state index contributed by atoms with van der Waals surface area (Å²) in [6.45, 7) is 16.5. The van der Waals surface area contributed by atoms with Crippen LogP contribution in [0.5, 0.6) is 5.75 Å². The number of aryl methyl sites for hydroxylation is 2. The van der Waals surface area contributed by atoms with Crippen LogP contribution in [0.1, 0.15) is 76.8 Å². The van der Waals surface area contributed by atoms with Gasteiger partial charge in [-0.1, -0.05) is 35.9 Å². The average molecular weight is 526 g/mol. The van der Waals surface area contributed by atoms with Crippen molar-refractivity contribution in [1.82, 2.24) is 15.5 Å². The quantitative estimate of drug-likeness (QED) is 0.429. The number of hydrogen-bond acceptors (Lipinski definition) is 5. The highest BCUT2D eigenvalue weighted by Crippen LogP contribution is 2.29. The summed E-state index contributed by atoms with van der Waals surface area (Å²) in [4.78, 5) is 42.3. The molecule has 0 radical (unpaired) electrons. The minimum atomic E-state index is -1.02. The molecular weight excluding hydrogens is 482 g/mol. The summed E-state index contributed by atoms with van der Waals surface area (Å²) in [5, 5.41) is 15.4. The van der Waals surface area contributed by atoms with E-state index in [1.54, 1.807) is 37.8 Å². The van der Waals surface area contributed by atoms with Crippen molar-refractivity contribution in [3.8, 4) is 5.75 Å². The van der Waals surface area contributed by atoms with Crippen LogP contribution in [0.25, 0.3) is 0 Å². The van der Waals surface area contributed by atoms with Crippen LogP contribution in [0.4, 0.5) is 4.79 Å². The van der Waals surface area contributed by atoms with Gasteiger partial charge in [-0.15, -0.1) is 0 Å². The molecule has 0 aromatic heterocycles. The van der Waals surface area contributed by atoms with Gasteiger partial charge in [0, 0.05) is 18.5 Å². The summed E-state index contributed by atoms with van der Waals surface area (Å²) in [5.74, 6) is -0.610. The third kappa shape index (κ3) is 8.78. The Hall–Kier alpha value is -3.55. The number of hydrogen-bond donors (Lipinski definition) is 3. The van der Waals surface area contributed by atoms with Crippen molar-refractivity contribution in [2.24, 2.45) is 0 Å². The number of ether oxygens (including phenoxy) is 1. The largest absolute Gasteiger partial charge is 0.508 e. The van der Waals surface area contributed by atoms with Gasteiger partial charge in [-0.25, -0.2) is 4.79 Å². The molecule has 0 aliphatic rings. The maximum atomic E-state index is 14.3. The van der Waals surface area contributed by atoms with Gasteiger partial charge < -0.3 is 25.4 Å². The zero-order chi connectivity index (χ0) is 28.8. The Morgan fingerprint density at radius 3 is 2.08 bits per heavy atom. The molecule has 0 saturated heterocycles. The number of phenolic OH excluding ortho intramolecular Hbond substituents is 1. The number of rotatable bonds is 9. The molecule has 3 amide bonds. The molecule has 0 bridgehead atoms. The van der Waals surface area contributed by atoms with Gasteiger partial charge in [-0.3, -0.25) is 9.59 Å². The maximum absolute atomic E-state index is 14.3. The summed E-state index contributed by atoms with van der Waals surface area (Å²) < 4.78 is 5.46. The van der Waals surface area contributed by atoms with Gasteiger partial charge in [0.05, 0.1) is 0 Å². The van der Waals surface area contributed by atoms with Crippen molar-refractivity contribution in [3.63, 3.8) is 0 Å². The zero-order valence-corrected chi connectivity index (χ0v) is 24.1. The second-order valence-corrected chi connectivity index (χ2v) is 11.3. The number of nitrogens with zero attached hydrogens (tertiary/aromatic N) is 1. The van der Waals surface area contributed by atoms with Gasteiger partial charge in [0.25, 0.3) is 0 Å². The van der Waals surface area contributed by atoms with Gasteiger partial charge in [0.15, 0.2) is 0 Å². The number of benzene rings is 2. The highest BCUT2D eigenvalue weighted by atomic mass is 16.6. The number of phenols is 1. The molecule has 8 heteroatoms. The molecule has 0 aliphatic carbocycles. The fourth-order valence-corrected chi connectivity index (χ4v) is 4.21. The molecule has 2 unspecified atom stereocenters. The predicted octanol–water partition coefficient (Wildman–Crippen LogP) is 4.95. The summed E-state index contributed by atoms with van der Waals surface area (Å²) in [7, 11) is 0. The van der Waals surface area contributed by atoms with E-state index >= 15 is 0 Å². The van der Waals surface area contributed by atoms with E-state index in [0.29, 0.717) is 0 Å². The van der Waals surface area contributed by atoms with Gasteiger partial charge in [0.2, 0.25) is 11.8 Å². The van der Waals surface area contributed by atoms with Crippen LogP contribution < -0.4 is 10.6 Å². The van der Waals surface area contributed by atoms with Crippen LogP contribution >= 0.6 is 0 Å². The third-order valence-corrected chi connectivity index (χ3v) is 5.86. The molecule has 2 aromatic rings. The van der Waals surface area contributed by atoms with Crippen molar-refractivity contribution in [2.45, 2.75) is 98.5 Å². The van der Waals surface area contributed by atoms with Gasteiger partial charge >= 0.3 is 6.09 Å². The first-order valence-electron chi connectivity index (χ1n) is 13.1. The van der Waals surface area contributed by atoms with Gasteiger partial charge in [0.1, 0.15) is 23.4 Å². The Morgan fingerprint density at radius 1 is 0.947 bits per heavy atom. The van der Waals surface area contributed by atoms with E-state index in [9.17, 15) is 19.5 Å². The summed E-state index contributed by atoms with van der Waals surface area (Å²) in [6, 6.07) is 9.85. The molecule has 38 heavy (non-hydrogen) atoms. The van der Waals surface area contributed by atoms with E-state index in [1.165, 1.54) is 12.1 Å². The number of alkyl carbamates (subject to hydrolysis) is 1. The maximum Gasteiger partial charge on any atom is 0.408 e. The summed E-state index contributed by atoms with van der Waals surface area (Å²) in [6.07, 6.45) is -0.583. The van der Waals surface area contributed by atoms with Gasteiger partial charge in [-0.05, 0) is 91.1 Å². The minimum absolute atomic E-state index is 0.0980. The Bertz CT molecular complexity index is 1120. The zero-order valence-electron chi connectivity index (χ0n) is 24.1. The summed E-state index contributed by atoms with van der Waals surface area (Å²) in [5.41, 5.74) is 2.55. The fourth-order valence-electron chi connectivity index (χ4n) is 4.21. The van der Waals surface area contributed by atoms with E-state index in [4.69, 9.17) is 4.74 Å². The molecule has 3 N–H and O–H groups in total. The molecule has 0 spiro atoms. The van der Waals surface area contributed by atoms with Crippen molar-refractivity contribution in [3.05, 3.63) is 64.7 Å². The fraction of sp³-hybridized carbons (Fsp3) is 0.500. The first kappa shape index (κ1) is 30.7. The van der Waals surface area contributed by atoms with Crippen molar-refractivity contribution in [2.75, 3.05) is 0 Å². The molecule has 8 nitrogen and oxygen atoms in total. The second-order valence-electron chi connectivity index (χ2n) is 11.3. The first-order valence-corrected chi connectivity index (χ1v) is 13.1. The number of aromatic hydroxyl groups is 1. The Morgan fingerprint density at radius 2 is 1.55 bits per heavy atom. The molecule has 2 aromatic carbocycles. The number of nitrogens with one attached hydrogen (secondary N) is 2. The minimum Gasteiger partial charge on any atom is -0.508 e. The molecule has 0 saturated carbocycles. The molecule has 0 aliphatic heterocycles. The van der Waals surface area contributed by atoms with E-state index in [0.717, 1.165) is 22.3 Å². The Labute approximate surface area is 226 Å². The molecule has 0 heterocycles. The van der Waals surface area contributed by atoms with Crippen LogP contribution in [0.2, 0.25) is 0 Å². The number of carbonyl (C=O) groups excluding carboxylic acids is 3. The highest BCUT2D eigenvalue weighted by molar-refractivity contribution is 5.92. The summed E-state index contributed by atoms with van der Waals surface area (Å²) >= 11 is 0. The molecule has 2 atom stereocenters. The lowest BCUT2D eigenvalue weighted by atomic mass is 9.94. The van der Waals surface area contributed by atoms with E-state index in [1.807, 2.05) is 59.7 Å².